The fourth-order valence-corrected chi connectivity index (χ4v) is 9.16. The molecule has 0 saturated heterocycles. The van der Waals surface area contributed by atoms with Crippen LogP contribution in [0.4, 0.5) is 0 Å². The van der Waals surface area contributed by atoms with Gasteiger partial charge in [-0.05, 0) is 27.2 Å². The highest BCUT2D eigenvalue weighted by Gasteiger charge is 2.41. The maximum atomic E-state index is 12.8. The number of hydrogen-bond acceptors (Lipinski definition) is 6. The van der Waals surface area contributed by atoms with Crippen LogP contribution >= 0.6 is 0 Å². The van der Waals surface area contributed by atoms with Crippen molar-refractivity contribution in [3.8, 4) is 0 Å². The van der Waals surface area contributed by atoms with Gasteiger partial charge in [0.05, 0.1) is 34.5 Å². The van der Waals surface area contributed by atoms with Crippen LogP contribution in [0.5, 0.6) is 0 Å². The van der Waals surface area contributed by atoms with E-state index in [-0.39, 0.29) is 23.7 Å². The van der Waals surface area contributed by atoms with Crippen LogP contribution in [-0.2, 0) is 29.5 Å². The highest BCUT2D eigenvalue weighted by molar-refractivity contribution is 7.93. The third kappa shape index (κ3) is 14.9. The van der Waals surface area contributed by atoms with Crippen molar-refractivity contribution in [2.45, 2.75) is 34.1 Å². The van der Waals surface area contributed by atoms with E-state index < -0.39 is 52.2 Å². The molecule has 33 heavy (non-hydrogen) atoms. The van der Waals surface area contributed by atoms with Gasteiger partial charge in [0.2, 0.25) is 0 Å². The maximum absolute atomic E-state index is 12.8. The van der Waals surface area contributed by atoms with Crippen molar-refractivity contribution < 1.29 is 25.3 Å². The average molecular weight is 519 g/mol. The first-order valence-corrected chi connectivity index (χ1v) is 16.3. The minimum Gasteiger partial charge on any atom is -0.228 e. The Morgan fingerprint density at radius 3 is 1.00 bits per heavy atom. The Balaban J connectivity index is 6.06. The molecule has 0 aliphatic carbocycles. The normalized spacial score (nSPS) is 16.4. The zero-order chi connectivity index (χ0) is 25.4. The van der Waals surface area contributed by atoms with Gasteiger partial charge in [0.25, 0.3) is 0 Å². The van der Waals surface area contributed by atoms with Crippen LogP contribution < -0.4 is 0 Å². The molecule has 0 aliphatic heterocycles. The molecule has 0 amide bonds. The first-order chi connectivity index (χ1) is 15.4. The van der Waals surface area contributed by atoms with Crippen molar-refractivity contribution in [2.75, 3.05) is 34.5 Å². The average Bonchev–Trinajstić information content (AvgIpc) is 2.71. The van der Waals surface area contributed by atoms with E-state index in [9.17, 15) is 25.3 Å². The van der Waals surface area contributed by atoms with Gasteiger partial charge in [-0.25, -0.2) is 25.3 Å². The molecular weight excluding hydrogens is 480 g/mol. The SMILES string of the molecule is CC=CC=CCS(=O)(=O)CC(CC)(CS(=O)(=O)CC=CC=CC)CS(=O)(=O)CC=CC=CC. The minimum absolute atomic E-state index is 0.0976. The summed E-state index contributed by atoms with van der Waals surface area (Å²) in [4.78, 5) is 0. The topological polar surface area (TPSA) is 102 Å². The fraction of sp³-hybridized carbons (Fsp3) is 0.500. The lowest BCUT2D eigenvalue weighted by molar-refractivity contribution is 0.396. The molecule has 6 nitrogen and oxygen atoms in total. The molecule has 9 heteroatoms. The van der Waals surface area contributed by atoms with Gasteiger partial charge in [-0.1, -0.05) is 79.8 Å². The molecule has 188 valence electrons. The van der Waals surface area contributed by atoms with Gasteiger partial charge in [-0.3, -0.25) is 0 Å². The third-order valence-corrected chi connectivity index (χ3v) is 9.96. The zero-order valence-corrected chi connectivity index (χ0v) is 22.5. The molecular formula is C24H38O6S3. The molecule has 0 radical (unpaired) electrons. The van der Waals surface area contributed by atoms with Crippen LogP contribution in [0.1, 0.15) is 34.1 Å². The molecule has 0 unspecified atom stereocenters. The second-order valence-corrected chi connectivity index (χ2v) is 14.2. The highest BCUT2D eigenvalue weighted by Crippen LogP contribution is 2.30. The van der Waals surface area contributed by atoms with Gasteiger partial charge in [-0.15, -0.1) is 0 Å². The summed E-state index contributed by atoms with van der Waals surface area (Å²) in [5, 5.41) is 0. The number of rotatable bonds is 16. The van der Waals surface area contributed by atoms with Gasteiger partial charge in [0, 0.05) is 5.41 Å². The fourth-order valence-electron chi connectivity index (χ4n) is 3.18. The van der Waals surface area contributed by atoms with E-state index in [2.05, 4.69) is 0 Å². The molecule has 0 N–H and O–H groups in total. The van der Waals surface area contributed by atoms with Crippen LogP contribution in [0.25, 0.3) is 0 Å². The van der Waals surface area contributed by atoms with Gasteiger partial charge in [-0.2, -0.15) is 0 Å². The number of sulfone groups is 3. The summed E-state index contributed by atoms with van der Waals surface area (Å²) >= 11 is 0. The Labute approximate surface area is 201 Å². The summed E-state index contributed by atoms with van der Waals surface area (Å²) < 4.78 is 77.0. The van der Waals surface area contributed by atoms with E-state index in [1.165, 1.54) is 18.2 Å². The molecule has 0 bridgehead atoms. The Morgan fingerprint density at radius 1 is 0.515 bits per heavy atom. The Hall–Kier alpha value is -1.71. The molecule has 0 rings (SSSR count). The van der Waals surface area contributed by atoms with E-state index in [4.69, 9.17) is 0 Å². The van der Waals surface area contributed by atoms with E-state index in [1.54, 1.807) is 82.4 Å². The monoisotopic (exact) mass is 518 g/mol. The van der Waals surface area contributed by atoms with Crippen molar-refractivity contribution in [1.29, 1.82) is 0 Å². The number of hydrogen-bond donors (Lipinski definition) is 0. The summed E-state index contributed by atoms with van der Waals surface area (Å²) in [6.45, 7) is 7.03. The summed E-state index contributed by atoms with van der Waals surface area (Å²) in [5.74, 6) is -2.43. The van der Waals surface area contributed by atoms with Crippen molar-refractivity contribution in [1.82, 2.24) is 0 Å². The third-order valence-electron chi connectivity index (χ3n) is 4.70. The summed E-state index contributed by atoms with van der Waals surface area (Å²) in [6.07, 6.45) is 19.6. The predicted molar refractivity (Wildman–Crippen MR) is 141 cm³/mol. The molecule has 0 heterocycles. The van der Waals surface area contributed by atoms with Gasteiger partial charge in [0.1, 0.15) is 0 Å². The van der Waals surface area contributed by atoms with Crippen molar-refractivity contribution in [3.05, 3.63) is 72.9 Å². The molecule has 0 aromatic heterocycles. The molecule has 0 spiro atoms. The van der Waals surface area contributed by atoms with Crippen molar-refractivity contribution in [2.24, 2.45) is 5.41 Å². The van der Waals surface area contributed by atoms with E-state index in [1.807, 2.05) is 0 Å². The molecule has 0 saturated carbocycles. The number of allylic oxidation sites excluding steroid dienone is 9. The highest BCUT2D eigenvalue weighted by atomic mass is 32.2. The molecule has 0 atom stereocenters. The van der Waals surface area contributed by atoms with Crippen LogP contribution in [0.3, 0.4) is 0 Å². The summed E-state index contributed by atoms with van der Waals surface area (Å²) in [5.41, 5.74) is -1.44. The second kappa shape index (κ2) is 15.2. The molecule has 0 aromatic rings. The zero-order valence-electron chi connectivity index (χ0n) is 20.1. The van der Waals surface area contributed by atoms with Crippen molar-refractivity contribution >= 4 is 29.5 Å². The van der Waals surface area contributed by atoms with E-state index >= 15 is 0 Å². The molecule has 0 fully saturated rings. The lowest BCUT2D eigenvalue weighted by Gasteiger charge is -2.31. The standard InChI is InChI=1S/C24H38O6S3/c1-5-9-12-15-18-31(25,26)21-24(8-4,22-32(27,28)19-16-13-10-6-2)23-33(29,30)20-17-14-11-7-3/h5-7,9-17H,8,18-23H2,1-4H3. The van der Waals surface area contributed by atoms with Gasteiger partial charge >= 0.3 is 0 Å². The summed E-state index contributed by atoms with van der Waals surface area (Å²) in [7, 11) is -11.2. The largest absolute Gasteiger partial charge is 0.228 e. The molecule has 0 aromatic carbocycles. The Bertz CT molecular complexity index is 933. The molecule has 0 aliphatic rings. The van der Waals surface area contributed by atoms with E-state index in [0.29, 0.717) is 0 Å². The van der Waals surface area contributed by atoms with Crippen molar-refractivity contribution in [3.63, 3.8) is 0 Å². The van der Waals surface area contributed by atoms with Crippen LogP contribution in [-0.4, -0.2) is 59.8 Å². The van der Waals surface area contributed by atoms with E-state index in [0.717, 1.165) is 0 Å². The Morgan fingerprint density at radius 2 is 0.788 bits per heavy atom. The van der Waals surface area contributed by atoms with Crippen LogP contribution in [0.15, 0.2) is 72.9 Å². The summed E-state index contributed by atoms with van der Waals surface area (Å²) in [6, 6.07) is 0. The maximum Gasteiger partial charge on any atom is 0.154 e. The smallest absolute Gasteiger partial charge is 0.154 e. The quantitative estimate of drug-likeness (QED) is 0.286. The minimum atomic E-state index is -3.74. The lowest BCUT2D eigenvalue weighted by Crippen LogP contribution is -2.43. The van der Waals surface area contributed by atoms with Gasteiger partial charge in [0.15, 0.2) is 29.5 Å². The first kappa shape index (κ1) is 31.3. The van der Waals surface area contributed by atoms with Crippen LogP contribution in [0, 0.1) is 5.41 Å². The first-order valence-electron chi connectivity index (χ1n) is 10.8. The van der Waals surface area contributed by atoms with Gasteiger partial charge < -0.3 is 0 Å². The second-order valence-electron chi connectivity index (χ2n) is 7.88. The van der Waals surface area contributed by atoms with Crippen LogP contribution in [0.2, 0.25) is 0 Å². The lowest BCUT2D eigenvalue weighted by atomic mass is 9.92. The predicted octanol–water partition coefficient (Wildman–Crippen LogP) is 4.02. The Kier molecular flexibility index (Phi) is 14.5.